The Morgan fingerprint density at radius 1 is 1.33 bits per heavy atom. The minimum atomic E-state index is -0.269. The number of alkyl halides is 1. The quantitative estimate of drug-likeness (QED) is 0.660. The van der Waals surface area contributed by atoms with Crippen molar-refractivity contribution in [1.29, 1.82) is 0 Å². The summed E-state index contributed by atoms with van der Waals surface area (Å²) in [6.45, 7) is 6.06. The zero-order valence-electron chi connectivity index (χ0n) is 12.0. The van der Waals surface area contributed by atoms with E-state index in [-0.39, 0.29) is 17.7 Å². The second-order valence-electron chi connectivity index (χ2n) is 5.02. The molecule has 1 aromatic carbocycles. The van der Waals surface area contributed by atoms with E-state index in [1.165, 1.54) is 12.1 Å². The fourth-order valence-electron chi connectivity index (χ4n) is 2.69. The van der Waals surface area contributed by atoms with Gasteiger partial charge in [-0.2, -0.15) is 0 Å². The molecular weight excluding hydrogens is 309 g/mol. The summed E-state index contributed by atoms with van der Waals surface area (Å²) < 4.78 is 15.6. The van der Waals surface area contributed by atoms with Gasteiger partial charge in [-0.25, -0.2) is 14.4 Å². The lowest BCUT2D eigenvalue weighted by Gasteiger charge is -2.16. The van der Waals surface area contributed by atoms with Crippen molar-refractivity contribution >= 4 is 34.0 Å². The van der Waals surface area contributed by atoms with E-state index in [4.69, 9.17) is 11.6 Å². The Bertz CT molecular complexity index is 809. The first-order valence-corrected chi connectivity index (χ1v) is 8.02. The Morgan fingerprint density at radius 2 is 2.10 bits per heavy atom. The molecular formula is C15H15ClFN3S. The van der Waals surface area contributed by atoms with Gasteiger partial charge in [0.2, 0.25) is 0 Å². The minimum absolute atomic E-state index is 0.0248. The van der Waals surface area contributed by atoms with Gasteiger partial charge in [-0.15, -0.1) is 22.9 Å². The van der Waals surface area contributed by atoms with Gasteiger partial charge in [0.1, 0.15) is 11.6 Å². The zero-order chi connectivity index (χ0) is 15.1. The van der Waals surface area contributed by atoms with E-state index in [0.717, 1.165) is 32.4 Å². The topological polar surface area (TPSA) is 30.7 Å². The van der Waals surface area contributed by atoms with Gasteiger partial charge < -0.3 is 4.57 Å². The first-order valence-electron chi connectivity index (χ1n) is 6.67. The summed E-state index contributed by atoms with van der Waals surface area (Å²) in [6, 6.07) is 4.65. The number of aryl methyl sites for hydroxylation is 2. The zero-order valence-corrected chi connectivity index (χ0v) is 13.6. The molecule has 3 aromatic rings. The van der Waals surface area contributed by atoms with Crippen LogP contribution in [-0.4, -0.2) is 14.5 Å². The summed E-state index contributed by atoms with van der Waals surface area (Å²) in [5, 5.41) is 1.03. The molecule has 110 valence electrons. The highest BCUT2D eigenvalue weighted by molar-refractivity contribution is 7.11. The second kappa shape index (κ2) is 5.39. The van der Waals surface area contributed by atoms with Crippen molar-refractivity contribution in [3.8, 4) is 0 Å². The number of fused-ring (bicyclic) bond motifs is 1. The predicted octanol–water partition coefficient (Wildman–Crippen LogP) is 4.60. The highest BCUT2D eigenvalue weighted by atomic mass is 35.5. The maximum absolute atomic E-state index is 13.6. The first-order chi connectivity index (χ1) is 10.0. The summed E-state index contributed by atoms with van der Waals surface area (Å²) in [6.07, 6.45) is 0. The number of hydrogen-bond donors (Lipinski definition) is 0. The summed E-state index contributed by atoms with van der Waals surface area (Å²) in [4.78, 5) is 10.1. The average molecular weight is 324 g/mol. The van der Waals surface area contributed by atoms with E-state index < -0.39 is 0 Å². The van der Waals surface area contributed by atoms with E-state index >= 15 is 0 Å². The lowest BCUT2D eigenvalue weighted by atomic mass is 10.2. The Balaban J connectivity index is 2.22. The van der Waals surface area contributed by atoms with Crippen molar-refractivity contribution in [2.45, 2.75) is 32.7 Å². The average Bonchev–Trinajstić information content (AvgIpc) is 2.97. The normalized spacial score (nSPS) is 13.0. The van der Waals surface area contributed by atoms with Gasteiger partial charge in [-0.3, -0.25) is 0 Å². The molecule has 1 atom stereocenters. The summed E-state index contributed by atoms with van der Waals surface area (Å²) in [5.41, 5.74) is 2.53. The second-order valence-corrected chi connectivity index (χ2v) is 6.53. The standard InChI is InChI=1S/C15H15ClFN3S/c1-8-15(21-10(3)18-8)9(2)20-13-6-11(17)4-5-12(13)19-14(20)7-16/h4-6,9H,7H2,1-3H3. The predicted molar refractivity (Wildman–Crippen MR) is 84.6 cm³/mol. The van der Waals surface area contributed by atoms with Crippen LogP contribution < -0.4 is 0 Å². The third-order valence-electron chi connectivity index (χ3n) is 3.55. The molecule has 0 saturated heterocycles. The van der Waals surface area contributed by atoms with Gasteiger partial charge in [0.25, 0.3) is 0 Å². The molecule has 0 saturated carbocycles. The molecule has 2 heterocycles. The lowest BCUT2D eigenvalue weighted by molar-refractivity contribution is 0.620. The highest BCUT2D eigenvalue weighted by Gasteiger charge is 2.20. The van der Waals surface area contributed by atoms with Crippen LogP contribution in [0.25, 0.3) is 11.0 Å². The molecule has 0 aliphatic heterocycles. The smallest absolute Gasteiger partial charge is 0.125 e. The molecule has 0 N–H and O–H groups in total. The van der Waals surface area contributed by atoms with Crippen LogP contribution in [0.5, 0.6) is 0 Å². The van der Waals surface area contributed by atoms with Gasteiger partial charge in [0, 0.05) is 0 Å². The molecule has 0 fully saturated rings. The van der Waals surface area contributed by atoms with Crippen LogP contribution in [0.1, 0.15) is 34.4 Å². The van der Waals surface area contributed by atoms with Gasteiger partial charge >= 0.3 is 0 Å². The van der Waals surface area contributed by atoms with Crippen LogP contribution >= 0.6 is 22.9 Å². The maximum atomic E-state index is 13.6. The molecule has 2 aromatic heterocycles. The lowest BCUT2D eigenvalue weighted by Crippen LogP contribution is -2.09. The van der Waals surface area contributed by atoms with E-state index in [9.17, 15) is 4.39 Å². The van der Waals surface area contributed by atoms with Crippen molar-refractivity contribution in [3.05, 3.63) is 45.4 Å². The number of aromatic nitrogens is 3. The van der Waals surface area contributed by atoms with Crippen molar-refractivity contribution in [2.24, 2.45) is 0 Å². The molecule has 3 rings (SSSR count). The van der Waals surface area contributed by atoms with Crippen molar-refractivity contribution < 1.29 is 4.39 Å². The molecule has 0 aliphatic rings. The van der Waals surface area contributed by atoms with Crippen LogP contribution in [0, 0.1) is 19.7 Å². The van der Waals surface area contributed by atoms with Gasteiger partial charge in [0.15, 0.2) is 0 Å². The van der Waals surface area contributed by atoms with Crippen molar-refractivity contribution in [2.75, 3.05) is 0 Å². The Kier molecular flexibility index (Phi) is 3.71. The first kappa shape index (κ1) is 14.5. The van der Waals surface area contributed by atoms with Crippen LogP contribution in [-0.2, 0) is 5.88 Å². The maximum Gasteiger partial charge on any atom is 0.125 e. The summed E-state index contributed by atoms with van der Waals surface area (Å²) >= 11 is 7.69. The van der Waals surface area contributed by atoms with Crippen LogP contribution in [0.15, 0.2) is 18.2 Å². The molecule has 0 radical (unpaired) electrons. The van der Waals surface area contributed by atoms with Crippen molar-refractivity contribution in [3.63, 3.8) is 0 Å². The van der Waals surface area contributed by atoms with E-state index in [1.807, 2.05) is 18.4 Å². The molecule has 1 unspecified atom stereocenters. The molecule has 21 heavy (non-hydrogen) atoms. The minimum Gasteiger partial charge on any atom is -0.319 e. The fraction of sp³-hybridized carbons (Fsp3) is 0.333. The number of thiazole rings is 1. The molecule has 3 nitrogen and oxygen atoms in total. The summed E-state index contributed by atoms with van der Waals surface area (Å²) in [5.74, 6) is 0.765. The van der Waals surface area contributed by atoms with Crippen LogP contribution in [0.2, 0.25) is 0 Å². The number of nitrogens with zero attached hydrogens (tertiary/aromatic N) is 3. The largest absolute Gasteiger partial charge is 0.319 e. The SMILES string of the molecule is Cc1nc(C)c(C(C)n2c(CCl)nc3ccc(F)cc32)s1. The molecule has 0 spiro atoms. The Hall–Kier alpha value is -1.46. The molecule has 0 bridgehead atoms. The third-order valence-corrected chi connectivity index (χ3v) is 5.03. The number of hydrogen-bond acceptors (Lipinski definition) is 3. The van der Waals surface area contributed by atoms with Crippen LogP contribution in [0.3, 0.4) is 0 Å². The van der Waals surface area contributed by atoms with E-state index in [0.29, 0.717) is 0 Å². The monoisotopic (exact) mass is 323 g/mol. The third kappa shape index (κ3) is 2.45. The van der Waals surface area contributed by atoms with Crippen molar-refractivity contribution in [1.82, 2.24) is 14.5 Å². The van der Waals surface area contributed by atoms with Gasteiger partial charge in [0.05, 0.1) is 38.5 Å². The molecule has 0 aliphatic carbocycles. The fourth-order valence-corrected chi connectivity index (χ4v) is 3.85. The van der Waals surface area contributed by atoms with E-state index in [2.05, 4.69) is 16.9 Å². The number of imidazole rings is 1. The van der Waals surface area contributed by atoms with Gasteiger partial charge in [-0.05, 0) is 39.0 Å². The van der Waals surface area contributed by atoms with Gasteiger partial charge in [-0.1, -0.05) is 0 Å². The molecule has 0 amide bonds. The molecule has 6 heteroatoms. The number of rotatable bonds is 3. The van der Waals surface area contributed by atoms with Crippen LogP contribution in [0.4, 0.5) is 4.39 Å². The Morgan fingerprint density at radius 3 is 2.71 bits per heavy atom. The number of benzene rings is 1. The van der Waals surface area contributed by atoms with E-state index in [1.54, 1.807) is 17.4 Å². The number of halogens is 2. The Labute approximate surface area is 131 Å². The highest BCUT2D eigenvalue weighted by Crippen LogP contribution is 2.32. The summed E-state index contributed by atoms with van der Waals surface area (Å²) in [7, 11) is 0.